The van der Waals surface area contributed by atoms with Crippen LogP contribution in [0.2, 0.25) is 0 Å². The molecule has 2 aromatic carbocycles. The monoisotopic (exact) mass is 443 g/mol. The van der Waals surface area contributed by atoms with Crippen molar-refractivity contribution in [3.05, 3.63) is 83.9 Å². The summed E-state index contributed by atoms with van der Waals surface area (Å²) in [5.41, 5.74) is 1.33. The summed E-state index contributed by atoms with van der Waals surface area (Å²) in [6.07, 6.45) is 3.29. The topological polar surface area (TPSA) is 97.4 Å². The molecule has 0 radical (unpaired) electrons. The molecule has 3 rings (SSSR count). The van der Waals surface area contributed by atoms with Crippen LogP contribution in [0.25, 0.3) is 0 Å². The summed E-state index contributed by atoms with van der Waals surface area (Å²) in [6.45, 7) is 2.47. The molecule has 0 saturated carbocycles. The largest absolute Gasteiger partial charge is 0.494 e. The van der Waals surface area contributed by atoms with Gasteiger partial charge in [0.05, 0.1) is 17.3 Å². The summed E-state index contributed by atoms with van der Waals surface area (Å²) in [5.74, 6) is -0.777. The van der Waals surface area contributed by atoms with Gasteiger partial charge in [0.1, 0.15) is 11.6 Å². The lowest BCUT2D eigenvalue weighted by atomic mass is 10.2. The molecule has 9 heteroatoms. The van der Waals surface area contributed by atoms with Gasteiger partial charge in [-0.1, -0.05) is 12.1 Å². The lowest BCUT2D eigenvalue weighted by Gasteiger charge is -2.10. The minimum Gasteiger partial charge on any atom is -0.494 e. The van der Waals surface area contributed by atoms with Gasteiger partial charge in [-0.3, -0.25) is 4.98 Å². The number of urea groups is 1. The number of amides is 2. The predicted molar refractivity (Wildman–Crippen MR) is 115 cm³/mol. The fraction of sp³-hybridized carbons (Fsp3) is 0.182. The number of rotatable bonds is 8. The highest BCUT2D eigenvalue weighted by Gasteiger charge is 2.18. The standard InChI is InChI=1S/C22H22FN3O4S/c1-2-30-19-8-5-17(21(23)12-19)15-31(28,29)20-9-6-18(7-10-20)26-22(27)25-14-16-4-3-11-24-13-16/h3-13H,2,14-15H2,1H3,(H2,25,26,27). The van der Waals surface area contributed by atoms with E-state index < -0.39 is 27.4 Å². The van der Waals surface area contributed by atoms with E-state index in [9.17, 15) is 17.6 Å². The number of hydrogen-bond acceptors (Lipinski definition) is 5. The van der Waals surface area contributed by atoms with Crippen molar-refractivity contribution in [3.63, 3.8) is 0 Å². The Balaban J connectivity index is 1.61. The van der Waals surface area contributed by atoms with Crippen LogP contribution in [0.15, 0.2) is 71.9 Å². The van der Waals surface area contributed by atoms with Crippen molar-refractivity contribution >= 4 is 21.6 Å². The Morgan fingerprint density at radius 3 is 2.55 bits per heavy atom. The first-order valence-corrected chi connectivity index (χ1v) is 11.2. The van der Waals surface area contributed by atoms with Crippen molar-refractivity contribution < 1.29 is 22.3 Å². The van der Waals surface area contributed by atoms with Gasteiger partial charge in [-0.25, -0.2) is 17.6 Å². The van der Waals surface area contributed by atoms with Gasteiger partial charge in [-0.05, 0) is 48.9 Å². The average molecular weight is 444 g/mol. The lowest BCUT2D eigenvalue weighted by Crippen LogP contribution is -2.28. The lowest BCUT2D eigenvalue weighted by molar-refractivity contribution is 0.251. The number of carbonyl (C=O) groups excluding carboxylic acids is 1. The van der Waals surface area contributed by atoms with Crippen LogP contribution < -0.4 is 15.4 Å². The number of nitrogens with one attached hydrogen (secondary N) is 2. The number of carbonyl (C=O) groups is 1. The van der Waals surface area contributed by atoms with Gasteiger partial charge < -0.3 is 15.4 Å². The van der Waals surface area contributed by atoms with Crippen molar-refractivity contribution in [2.75, 3.05) is 11.9 Å². The molecule has 1 aromatic heterocycles. The molecule has 0 aliphatic rings. The van der Waals surface area contributed by atoms with Crippen LogP contribution in [0.4, 0.5) is 14.9 Å². The highest BCUT2D eigenvalue weighted by Crippen LogP contribution is 2.23. The zero-order chi connectivity index (χ0) is 22.3. The Morgan fingerprint density at radius 2 is 1.90 bits per heavy atom. The number of aromatic nitrogens is 1. The Morgan fingerprint density at radius 1 is 1.13 bits per heavy atom. The fourth-order valence-electron chi connectivity index (χ4n) is 2.80. The average Bonchev–Trinajstić information content (AvgIpc) is 2.75. The normalized spacial score (nSPS) is 11.0. The molecule has 0 atom stereocenters. The molecule has 0 aliphatic heterocycles. The fourth-order valence-corrected chi connectivity index (χ4v) is 4.16. The summed E-state index contributed by atoms with van der Waals surface area (Å²) >= 11 is 0. The number of pyridine rings is 1. The second kappa shape index (κ2) is 10.0. The van der Waals surface area contributed by atoms with E-state index in [1.165, 1.54) is 42.5 Å². The van der Waals surface area contributed by atoms with Crippen molar-refractivity contribution in [1.29, 1.82) is 0 Å². The minimum absolute atomic E-state index is 0.0297. The zero-order valence-corrected chi connectivity index (χ0v) is 17.7. The molecule has 1 heterocycles. The maximum Gasteiger partial charge on any atom is 0.319 e. The van der Waals surface area contributed by atoms with E-state index in [1.807, 2.05) is 6.07 Å². The number of hydrogen-bond donors (Lipinski definition) is 2. The van der Waals surface area contributed by atoms with Crippen LogP contribution in [0, 0.1) is 5.82 Å². The molecule has 31 heavy (non-hydrogen) atoms. The molecule has 0 unspecified atom stereocenters. The van der Waals surface area contributed by atoms with E-state index in [4.69, 9.17) is 4.74 Å². The van der Waals surface area contributed by atoms with Crippen LogP contribution in [0.3, 0.4) is 0 Å². The predicted octanol–water partition coefficient (Wildman–Crippen LogP) is 3.92. The van der Waals surface area contributed by atoms with Crippen LogP contribution in [-0.2, 0) is 22.1 Å². The molecule has 162 valence electrons. The van der Waals surface area contributed by atoms with Crippen molar-refractivity contribution in [3.8, 4) is 5.75 Å². The minimum atomic E-state index is -3.77. The van der Waals surface area contributed by atoms with Crippen LogP contribution in [-0.4, -0.2) is 26.0 Å². The van der Waals surface area contributed by atoms with Crippen LogP contribution in [0.1, 0.15) is 18.1 Å². The smallest absolute Gasteiger partial charge is 0.319 e. The SMILES string of the molecule is CCOc1ccc(CS(=O)(=O)c2ccc(NC(=O)NCc3cccnc3)cc2)c(F)c1. The van der Waals surface area contributed by atoms with E-state index in [0.717, 1.165) is 5.56 Å². The zero-order valence-electron chi connectivity index (χ0n) is 16.8. The van der Waals surface area contributed by atoms with E-state index in [1.54, 1.807) is 25.4 Å². The molecule has 0 bridgehead atoms. The van der Waals surface area contributed by atoms with Gasteiger partial charge in [0, 0.05) is 36.3 Å². The first-order valence-electron chi connectivity index (χ1n) is 9.55. The number of nitrogens with zero attached hydrogens (tertiary/aromatic N) is 1. The third kappa shape index (κ3) is 6.26. The number of ether oxygens (including phenoxy) is 1. The molecule has 0 spiro atoms. The molecule has 2 N–H and O–H groups in total. The first kappa shape index (κ1) is 22.2. The third-order valence-corrected chi connectivity index (χ3v) is 6.01. The molecule has 0 saturated heterocycles. The second-order valence-electron chi connectivity index (χ2n) is 6.64. The molecule has 2 amide bonds. The summed E-state index contributed by atoms with van der Waals surface area (Å²) in [6, 6.07) is 13.0. The molecule has 0 fully saturated rings. The van der Waals surface area contributed by atoms with Gasteiger partial charge in [0.15, 0.2) is 9.84 Å². The number of anilines is 1. The van der Waals surface area contributed by atoms with E-state index in [0.29, 0.717) is 24.6 Å². The van der Waals surface area contributed by atoms with Crippen molar-refractivity contribution in [1.82, 2.24) is 10.3 Å². The van der Waals surface area contributed by atoms with Crippen molar-refractivity contribution in [2.24, 2.45) is 0 Å². The summed E-state index contributed by atoms with van der Waals surface area (Å²) in [4.78, 5) is 16.0. The number of halogens is 1. The molecule has 0 aliphatic carbocycles. The maximum atomic E-state index is 14.2. The number of benzene rings is 2. The summed E-state index contributed by atoms with van der Waals surface area (Å²) in [7, 11) is -3.77. The molecular formula is C22H22FN3O4S. The maximum absolute atomic E-state index is 14.2. The van der Waals surface area contributed by atoms with E-state index >= 15 is 0 Å². The van der Waals surface area contributed by atoms with Crippen LogP contribution >= 0.6 is 0 Å². The van der Waals surface area contributed by atoms with Gasteiger partial charge in [0.25, 0.3) is 0 Å². The second-order valence-corrected chi connectivity index (χ2v) is 8.63. The van der Waals surface area contributed by atoms with Gasteiger partial charge >= 0.3 is 6.03 Å². The molecule has 7 nitrogen and oxygen atoms in total. The Hall–Kier alpha value is -3.46. The quantitative estimate of drug-likeness (QED) is 0.550. The summed E-state index contributed by atoms with van der Waals surface area (Å²) in [5, 5.41) is 5.31. The third-order valence-electron chi connectivity index (χ3n) is 4.33. The molecular weight excluding hydrogens is 421 g/mol. The summed E-state index contributed by atoms with van der Waals surface area (Å²) < 4.78 is 44.7. The Bertz CT molecular complexity index is 1140. The van der Waals surface area contributed by atoms with Crippen molar-refractivity contribution in [2.45, 2.75) is 24.1 Å². The van der Waals surface area contributed by atoms with Gasteiger partial charge in [-0.2, -0.15) is 0 Å². The number of sulfone groups is 1. The van der Waals surface area contributed by atoms with E-state index in [2.05, 4.69) is 15.6 Å². The Labute approximate surface area is 180 Å². The highest BCUT2D eigenvalue weighted by atomic mass is 32.2. The van der Waals surface area contributed by atoms with Gasteiger partial charge in [0.2, 0.25) is 0 Å². The van der Waals surface area contributed by atoms with E-state index in [-0.39, 0.29) is 10.5 Å². The highest BCUT2D eigenvalue weighted by molar-refractivity contribution is 7.90. The van der Waals surface area contributed by atoms with Crippen LogP contribution in [0.5, 0.6) is 5.75 Å². The molecule has 3 aromatic rings. The van der Waals surface area contributed by atoms with Gasteiger partial charge in [-0.15, -0.1) is 0 Å². The Kier molecular flexibility index (Phi) is 7.19. The first-order chi connectivity index (χ1) is 14.9.